The van der Waals surface area contributed by atoms with Gasteiger partial charge in [0.2, 0.25) is 0 Å². The molecule has 0 aliphatic rings. The molecule has 0 saturated carbocycles. The van der Waals surface area contributed by atoms with Crippen molar-refractivity contribution in [3.05, 3.63) is 69.8 Å². The average molecular weight is 356 g/mol. The van der Waals surface area contributed by atoms with Crippen LogP contribution in [-0.4, -0.2) is 0 Å². The lowest BCUT2D eigenvalue weighted by Gasteiger charge is -2.18. The molecule has 0 aliphatic carbocycles. The molecule has 0 heterocycles. The summed E-state index contributed by atoms with van der Waals surface area (Å²) in [5.74, 6) is 0. The zero-order valence-electron chi connectivity index (χ0n) is 15.3. The van der Waals surface area contributed by atoms with E-state index in [1.54, 1.807) is 0 Å². The zero-order chi connectivity index (χ0) is 20.0. The third-order valence-corrected chi connectivity index (χ3v) is 5.47. The lowest BCUT2D eigenvalue weighted by Crippen LogP contribution is -2.01. The second kappa shape index (κ2) is 6.10. The molecule has 0 aromatic heterocycles. The molecular formula is C24H12N4. The first kappa shape index (κ1) is 17.1. The maximum atomic E-state index is 9.93. The van der Waals surface area contributed by atoms with Crippen molar-refractivity contribution in [2.24, 2.45) is 0 Å². The molecule has 4 nitrogen and oxygen atoms in total. The molecule has 0 unspecified atom stereocenters. The summed E-state index contributed by atoms with van der Waals surface area (Å²) >= 11 is 0. The highest BCUT2D eigenvalue weighted by atomic mass is 14.4. The molecule has 0 atom stereocenters. The summed E-state index contributed by atoms with van der Waals surface area (Å²) in [4.78, 5) is 0. The van der Waals surface area contributed by atoms with E-state index < -0.39 is 0 Å². The summed E-state index contributed by atoms with van der Waals surface area (Å²) in [5.41, 5.74) is 2.07. The first-order chi connectivity index (χ1) is 13.6. The number of fused-ring (bicyclic) bond motifs is 5. The van der Waals surface area contributed by atoms with Crippen molar-refractivity contribution in [2.75, 3.05) is 0 Å². The molecule has 0 spiro atoms. The Labute approximate surface area is 161 Å². The molecule has 0 radical (unpaired) electrons. The van der Waals surface area contributed by atoms with Crippen LogP contribution in [0, 0.1) is 59.2 Å². The monoisotopic (exact) mass is 356 g/mol. The van der Waals surface area contributed by atoms with Gasteiger partial charge in [-0.05, 0) is 46.5 Å². The van der Waals surface area contributed by atoms with E-state index >= 15 is 0 Å². The van der Waals surface area contributed by atoms with Gasteiger partial charge in [-0.3, -0.25) is 0 Å². The molecule has 28 heavy (non-hydrogen) atoms. The van der Waals surface area contributed by atoms with E-state index in [0.717, 1.165) is 32.7 Å². The van der Waals surface area contributed by atoms with E-state index in [4.69, 9.17) is 0 Å². The van der Waals surface area contributed by atoms with Crippen molar-refractivity contribution in [1.29, 1.82) is 21.0 Å². The van der Waals surface area contributed by atoms with Gasteiger partial charge in [0, 0.05) is 10.8 Å². The Bertz CT molecular complexity index is 1510. The average Bonchev–Trinajstić information content (AvgIpc) is 2.74. The van der Waals surface area contributed by atoms with Crippen molar-refractivity contribution < 1.29 is 0 Å². The molecule has 0 bridgehead atoms. The van der Waals surface area contributed by atoms with Crippen LogP contribution in [0.3, 0.4) is 0 Å². The van der Waals surface area contributed by atoms with Gasteiger partial charge in [-0.1, -0.05) is 36.4 Å². The molecule has 128 valence electrons. The van der Waals surface area contributed by atoms with Gasteiger partial charge in [0.05, 0.1) is 22.3 Å². The number of hydrogen-bond donors (Lipinski definition) is 0. The number of rotatable bonds is 0. The molecule has 0 aliphatic heterocycles. The van der Waals surface area contributed by atoms with Gasteiger partial charge in [-0.25, -0.2) is 0 Å². The van der Waals surface area contributed by atoms with Crippen LogP contribution in [0.1, 0.15) is 33.4 Å². The van der Waals surface area contributed by atoms with Crippen LogP contribution >= 0.6 is 0 Å². The fourth-order valence-corrected chi connectivity index (χ4v) is 4.07. The number of hydrogen-bond acceptors (Lipinski definition) is 4. The van der Waals surface area contributed by atoms with Crippen molar-refractivity contribution in [3.63, 3.8) is 0 Å². The van der Waals surface area contributed by atoms with Crippen LogP contribution in [0.15, 0.2) is 36.4 Å². The molecular weight excluding hydrogens is 344 g/mol. The van der Waals surface area contributed by atoms with Gasteiger partial charge in [-0.2, -0.15) is 21.0 Å². The Morgan fingerprint density at radius 1 is 0.536 bits per heavy atom. The van der Waals surface area contributed by atoms with Gasteiger partial charge in [-0.15, -0.1) is 0 Å². The highest BCUT2D eigenvalue weighted by Crippen LogP contribution is 2.41. The van der Waals surface area contributed by atoms with Gasteiger partial charge < -0.3 is 0 Å². The highest BCUT2D eigenvalue weighted by Gasteiger charge is 2.24. The highest BCUT2D eigenvalue weighted by molar-refractivity contribution is 6.24. The first-order valence-electron chi connectivity index (χ1n) is 8.63. The Balaban J connectivity index is 2.56. The Morgan fingerprint density at radius 3 is 1.71 bits per heavy atom. The van der Waals surface area contributed by atoms with E-state index in [-0.39, 0.29) is 22.3 Å². The lowest BCUT2D eigenvalue weighted by atomic mass is 9.82. The lowest BCUT2D eigenvalue weighted by molar-refractivity contribution is 1.37. The fourth-order valence-electron chi connectivity index (χ4n) is 4.07. The second-order valence-corrected chi connectivity index (χ2v) is 6.66. The van der Waals surface area contributed by atoms with E-state index in [1.165, 1.54) is 0 Å². The second-order valence-electron chi connectivity index (χ2n) is 6.66. The van der Waals surface area contributed by atoms with E-state index in [9.17, 15) is 21.0 Å². The molecule has 0 fully saturated rings. The van der Waals surface area contributed by atoms with Crippen LogP contribution in [0.4, 0.5) is 0 Å². The maximum Gasteiger partial charge on any atom is 0.102 e. The summed E-state index contributed by atoms with van der Waals surface area (Å²) in [6, 6.07) is 20.1. The summed E-state index contributed by atoms with van der Waals surface area (Å²) in [6.07, 6.45) is 0. The van der Waals surface area contributed by atoms with Crippen molar-refractivity contribution in [2.45, 2.75) is 13.8 Å². The fraction of sp³-hybridized carbons (Fsp3) is 0.0833. The minimum atomic E-state index is -0.0356. The Hall–Kier alpha value is -4.38. The Kier molecular flexibility index (Phi) is 3.72. The van der Waals surface area contributed by atoms with Crippen molar-refractivity contribution >= 4 is 32.3 Å². The van der Waals surface area contributed by atoms with Crippen LogP contribution < -0.4 is 0 Å². The molecule has 4 aromatic rings. The molecule has 4 heteroatoms. The molecule has 0 saturated heterocycles. The summed E-state index contributed by atoms with van der Waals surface area (Å²) in [5, 5.41) is 44.0. The van der Waals surface area contributed by atoms with Crippen LogP contribution in [-0.2, 0) is 0 Å². The number of nitriles is 4. The minimum Gasteiger partial charge on any atom is -0.192 e. The molecule has 0 amide bonds. The first-order valence-corrected chi connectivity index (χ1v) is 8.63. The van der Waals surface area contributed by atoms with Crippen molar-refractivity contribution in [3.8, 4) is 24.3 Å². The Morgan fingerprint density at radius 2 is 1.11 bits per heavy atom. The van der Waals surface area contributed by atoms with E-state index in [0.29, 0.717) is 10.8 Å². The molecule has 0 N–H and O–H groups in total. The normalized spacial score (nSPS) is 10.4. The SMILES string of the molecule is Cc1c(C)c2c(C#N)c(C#N)c(C#N)c(C#N)c2c2c1ccc1ccccc12. The quantitative estimate of drug-likeness (QED) is 0.402. The van der Waals surface area contributed by atoms with Gasteiger partial charge in [0.15, 0.2) is 0 Å². The summed E-state index contributed by atoms with van der Waals surface area (Å²) in [6.45, 7) is 3.87. The largest absolute Gasteiger partial charge is 0.192 e. The van der Waals surface area contributed by atoms with E-state index in [2.05, 4.69) is 12.1 Å². The zero-order valence-corrected chi connectivity index (χ0v) is 15.3. The van der Waals surface area contributed by atoms with Crippen molar-refractivity contribution in [1.82, 2.24) is 0 Å². The van der Waals surface area contributed by atoms with E-state index in [1.807, 2.05) is 62.4 Å². The summed E-state index contributed by atoms with van der Waals surface area (Å²) in [7, 11) is 0. The smallest absolute Gasteiger partial charge is 0.102 e. The predicted molar refractivity (Wildman–Crippen MR) is 107 cm³/mol. The van der Waals surface area contributed by atoms with Gasteiger partial charge >= 0.3 is 0 Å². The van der Waals surface area contributed by atoms with Gasteiger partial charge in [0.25, 0.3) is 0 Å². The van der Waals surface area contributed by atoms with Crippen LogP contribution in [0.25, 0.3) is 32.3 Å². The van der Waals surface area contributed by atoms with Crippen LogP contribution in [0.2, 0.25) is 0 Å². The standard InChI is InChI=1S/C24H12N4/c1-13-14(2)22-20(11-27)18(9-25)19(10-26)21(12-28)24(22)23-16(13)8-7-15-5-3-4-6-17(15)23/h3-8H,1-2H3. The molecule has 4 aromatic carbocycles. The predicted octanol–water partition coefficient (Wildman–Crippen LogP) is 5.25. The molecule has 4 rings (SSSR count). The topological polar surface area (TPSA) is 95.2 Å². The number of nitrogens with zero attached hydrogens (tertiary/aromatic N) is 4. The number of benzene rings is 4. The third kappa shape index (κ3) is 2.01. The third-order valence-electron chi connectivity index (χ3n) is 5.47. The summed E-state index contributed by atoms with van der Waals surface area (Å²) < 4.78 is 0. The minimum absolute atomic E-state index is 0.0314. The van der Waals surface area contributed by atoms with Gasteiger partial charge in [0.1, 0.15) is 24.3 Å². The number of aryl methyl sites for hydroxylation is 2. The maximum absolute atomic E-state index is 9.93. The van der Waals surface area contributed by atoms with Crippen LogP contribution in [0.5, 0.6) is 0 Å².